The number of nitrogens with zero attached hydrogens (tertiary/aromatic N) is 2. The molecule has 5 nitrogen and oxygen atoms in total. The Bertz CT molecular complexity index is 1540. The number of aryl methyl sites for hydroxylation is 1. The summed E-state index contributed by atoms with van der Waals surface area (Å²) in [4.78, 5) is 18.3. The van der Waals surface area contributed by atoms with E-state index in [0.29, 0.717) is 28.6 Å². The van der Waals surface area contributed by atoms with Gasteiger partial charge in [-0.05, 0) is 66.8 Å². The summed E-state index contributed by atoms with van der Waals surface area (Å²) in [7, 11) is 0. The number of fused-ring (bicyclic) bond motifs is 1. The van der Waals surface area contributed by atoms with Crippen molar-refractivity contribution in [3.05, 3.63) is 124 Å². The average molecular weight is 475 g/mol. The van der Waals surface area contributed by atoms with Gasteiger partial charge < -0.3 is 10.6 Å². The van der Waals surface area contributed by atoms with E-state index in [9.17, 15) is 4.79 Å². The van der Waals surface area contributed by atoms with Crippen LogP contribution in [0.25, 0.3) is 16.7 Å². The van der Waals surface area contributed by atoms with Crippen LogP contribution in [-0.2, 0) is 0 Å². The molecule has 0 spiro atoms. The molecule has 5 heteroatoms. The molecule has 0 bridgehead atoms. The Labute approximate surface area is 211 Å². The van der Waals surface area contributed by atoms with E-state index in [4.69, 9.17) is 4.98 Å². The summed E-state index contributed by atoms with van der Waals surface area (Å²) in [6, 6.07) is 22.0. The van der Waals surface area contributed by atoms with Crippen LogP contribution in [0.1, 0.15) is 37.3 Å². The molecule has 0 radical (unpaired) electrons. The molecule has 2 N–H and O–H groups in total. The van der Waals surface area contributed by atoms with Crippen molar-refractivity contribution < 1.29 is 0 Å². The van der Waals surface area contributed by atoms with Crippen molar-refractivity contribution in [1.82, 2.24) is 9.55 Å². The Balaban J connectivity index is 1.66. The Morgan fingerprint density at radius 2 is 1.72 bits per heavy atom. The molecule has 2 heterocycles. The van der Waals surface area contributed by atoms with Crippen molar-refractivity contribution in [1.29, 1.82) is 0 Å². The fourth-order valence-corrected chi connectivity index (χ4v) is 4.41. The Morgan fingerprint density at radius 3 is 2.47 bits per heavy atom. The highest BCUT2D eigenvalue weighted by Gasteiger charge is 2.16. The number of allylic oxidation sites excluding steroid dienone is 5. The maximum Gasteiger partial charge on any atom is 0.193 e. The second-order valence-electron chi connectivity index (χ2n) is 9.30. The third-order valence-electron chi connectivity index (χ3n) is 6.30. The first-order chi connectivity index (χ1) is 17.5. The molecule has 0 saturated heterocycles. The fraction of sp³-hybridized carbons (Fsp3) is 0.161. The molecule has 0 fully saturated rings. The van der Waals surface area contributed by atoms with Gasteiger partial charge in [-0.3, -0.25) is 9.36 Å². The van der Waals surface area contributed by atoms with Gasteiger partial charge in [-0.2, -0.15) is 0 Å². The van der Waals surface area contributed by atoms with Crippen LogP contribution >= 0.6 is 0 Å². The number of rotatable bonds is 6. The lowest BCUT2D eigenvalue weighted by molar-refractivity contribution is 0.867. The minimum Gasteiger partial charge on any atom is -0.341 e. The molecule has 0 saturated carbocycles. The predicted molar refractivity (Wildman–Crippen MR) is 150 cm³/mol. The summed E-state index contributed by atoms with van der Waals surface area (Å²) in [6.07, 6.45) is 11.0. The van der Waals surface area contributed by atoms with E-state index < -0.39 is 0 Å². The lowest BCUT2D eigenvalue weighted by Crippen LogP contribution is -2.16. The minimum absolute atomic E-state index is 0.0613. The topological polar surface area (TPSA) is 59.0 Å². The van der Waals surface area contributed by atoms with E-state index in [2.05, 4.69) is 60.9 Å². The SMILES string of the molecule is Cc1cc(Nc2ccc(C(C)C)cc2)nc2c1c(=O)cc(NC1=CCC=CC=C1)n2-c1ccccc1. The van der Waals surface area contributed by atoms with Gasteiger partial charge in [0.25, 0.3) is 0 Å². The van der Waals surface area contributed by atoms with Gasteiger partial charge in [0, 0.05) is 23.1 Å². The molecule has 0 unspecified atom stereocenters. The van der Waals surface area contributed by atoms with E-state index in [1.54, 1.807) is 6.07 Å². The molecule has 2 aromatic heterocycles. The fourth-order valence-electron chi connectivity index (χ4n) is 4.41. The summed E-state index contributed by atoms with van der Waals surface area (Å²) in [5, 5.41) is 7.50. The molecule has 1 aliphatic rings. The smallest absolute Gasteiger partial charge is 0.193 e. The molecule has 0 amide bonds. The second-order valence-corrected chi connectivity index (χ2v) is 9.30. The van der Waals surface area contributed by atoms with Gasteiger partial charge in [0.05, 0.1) is 5.39 Å². The first kappa shape index (κ1) is 23.4. The van der Waals surface area contributed by atoms with Crippen molar-refractivity contribution in [2.45, 2.75) is 33.1 Å². The number of pyridine rings is 2. The van der Waals surface area contributed by atoms with E-state index in [0.717, 1.165) is 29.1 Å². The van der Waals surface area contributed by atoms with Gasteiger partial charge in [-0.1, -0.05) is 68.5 Å². The van der Waals surface area contributed by atoms with E-state index in [1.165, 1.54) is 5.56 Å². The third kappa shape index (κ3) is 4.86. The summed E-state index contributed by atoms with van der Waals surface area (Å²) in [5.74, 6) is 1.83. The first-order valence-corrected chi connectivity index (χ1v) is 12.3. The van der Waals surface area contributed by atoms with Crippen molar-refractivity contribution >= 4 is 28.4 Å². The largest absolute Gasteiger partial charge is 0.341 e. The highest BCUT2D eigenvalue weighted by Crippen LogP contribution is 2.28. The molecule has 1 aliphatic carbocycles. The van der Waals surface area contributed by atoms with E-state index in [-0.39, 0.29) is 5.43 Å². The molecule has 180 valence electrons. The molecule has 5 rings (SSSR count). The van der Waals surface area contributed by atoms with Crippen LogP contribution in [-0.4, -0.2) is 9.55 Å². The van der Waals surface area contributed by atoms with Crippen LogP contribution in [0, 0.1) is 6.92 Å². The normalized spacial score (nSPS) is 13.1. The van der Waals surface area contributed by atoms with Gasteiger partial charge in [0.15, 0.2) is 11.1 Å². The van der Waals surface area contributed by atoms with Crippen LogP contribution in [0.5, 0.6) is 0 Å². The number of benzene rings is 2. The number of nitrogens with one attached hydrogen (secondary N) is 2. The van der Waals surface area contributed by atoms with Gasteiger partial charge in [-0.25, -0.2) is 4.98 Å². The molecule has 4 aromatic rings. The maximum atomic E-state index is 13.3. The van der Waals surface area contributed by atoms with Crippen LogP contribution in [0.4, 0.5) is 17.3 Å². The number of aromatic nitrogens is 2. The van der Waals surface area contributed by atoms with Crippen molar-refractivity contribution in [2.75, 3.05) is 10.6 Å². The Hall–Kier alpha value is -4.38. The third-order valence-corrected chi connectivity index (χ3v) is 6.30. The molecular weight excluding hydrogens is 444 g/mol. The molecule has 36 heavy (non-hydrogen) atoms. The Morgan fingerprint density at radius 1 is 0.944 bits per heavy atom. The van der Waals surface area contributed by atoms with E-state index >= 15 is 0 Å². The van der Waals surface area contributed by atoms with Gasteiger partial charge in [-0.15, -0.1) is 0 Å². The molecule has 0 atom stereocenters. The highest BCUT2D eigenvalue weighted by molar-refractivity contribution is 5.85. The number of para-hydroxylation sites is 1. The number of hydrogen-bond donors (Lipinski definition) is 2. The summed E-state index contributed by atoms with van der Waals surface area (Å²) in [6.45, 7) is 6.33. The Kier molecular flexibility index (Phi) is 6.54. The van der Waals surface area contributed by atoms with Gasteiger partial charge >= 0.3 is 0 Å². The zero-order chi connectivity index (χ0) is 25.1. The zero-order valence-corrected chi connectivity index (χ0v) is 20.8. The van der Waals surface area contributed by atoms with Crippen LogP contribution in [0.3, 0.4) is 0 Å². The highest BCUT2D eigenvalue weighted by atomic mass is 16.1. The van der Waals surface area contributed by atoms with Gasteiger partial charge in [0.1, 0.15) is 11.6 Å². The minimum atomic E-state index is -0.0613. The van der Waals surface area contributed by atoms with Crippen LogP contribution in [0.2, 0.25) is 0 Å². The molecule has 0 aliphatic heterocycles. The lowest BCUT2D eigenvalue weighted by atomic mass is 10.0. The number of hydrogen-bond acceptors (Lipinski definition) is 4. The van der Waals surface area contributed by atoms with Crippen LogP contribution in [0.15, 0.2) is 108 Å². The average Bonchev–Trinajstić information content (AvgIpc) is 3.13. The lowest BCUT2D eigenvalue weighted by Gasteiger charge is -2.19. The molecule has 2 aromatic carbocycles. The zero-order valence-electron chi connectivity index (χ0n) is 20.8. The van der Waals surface area contributed by atoms with Crippen molar-refractivity contribution in [3.63, 3.8) is 0 Å². The maximum absolute atomic E-state index is 13.3. The standard InChI is InChI=1S/C31H30N4O/c1-21(2)23-15-17-25(18-16-23)32-28-19-22(3)30-27(36)20-29(33-24-11-7-4-5-8-12-24)35(31(30)34-28)26-13-9-6-10-14-26/h4-7,9-21,33H,8H2,1-3H3,(H,32,34). The van der Waals surface area contributed by atoms with Crippen LogP contribution < -0.4 is 16.1 Å². The van der Waals surface area contributed by atoms with Crippen molar-refractivity contribution in [2.24, 2.45) is 0 Å². The second kappa shape index (κ2) is 10.1. The van der Waals surface area contributed by atoms with Crippen molar-refractivity contribution in [3.8, 4) is 5.69 Å². The van der Waals surface area contributed by atoms with Gasteiger partial charge in [0.2, 0.25) is 0 Å². The summed E-state index contributed by atoms with van der Waals surface area (Å²) in [5.41, 5.74) is 5.51. The summed E-state index contributed by atoms with van der Waals surface area (Å²) < 4.78 is 2.02. The summed E-state index contributed by atoms with van der Waals surface area (Å²) >= 11 is 0. The first-order valence-electron chi connectivity index (χ1n) is 12.3. The van der Waals surface area contributed by atoms with E-state index in [1.807, 2.05) is 66.1 Å². The predicted octanol–water partition coefficient (Wildman–Crippen LogP) is 7.37. The quantitative estimate of drug-likeness (QED) is 0.306. The molecular formula is C31H30N4O. The monoisotopic (exact) mass is 474 g/mol. The number of anilines is 3.